The van der Waals surface area contributed by atoms with Crippen LogP contribution >= 0.6 is 12.2 Å². The van der Waals surface area contributed by atoms with E-state index in [2.05, 4.69) is 15.6 Å². The van der Waals surface area contributed by atoms with Crippen LogP contribution in [-0.2, 0) is 4.74 Å². The molecule has 4 nitrogen and oxygen atoms in total. The van der Waals surface area contributed by atoms with Crippen molar-refractivity contribution >= 4 is 23.3 Å². The van der Waals surface area contributed by atoms with Gasteiger partial charge in [-0.25, -0.2) is 0 Å². The minimum Gasteiger partial charge on any atom is -0.379 e. The largest absolute Gasteiger partial charge is 0.379 e. The number of imidazole rings is 1. The van der Waals surface area contributed by atoms with Crippen LogP contribution in [0.1, 0.15) is 24.4 Å². The Balaban J connectivity index is 2.17. The Morgan fingerprint density at radius 2 is 2.39 bits per heavy atom. The number of hydrogen-bond acceptors (Lipinski definition) is 3. The number of aromatic nitrogens is 2. The molecular formula is C13H13N3OS. The van der Waals surface area contributed by atoms with Crippen molar-refractivity contribution in [2.24, 2.45) is 0 Å². The second kappa shape index (κ2) is 4.56. The molecule has 1 aromatic heterocycles. The zero-order valence-electron chi connectivity index (χ0n) is 9.85. The summed E-state index contributed by atoms with van der Waals surface area (Å²) >= 11 is 5.38. The van der Waals surface area contributed by atoms with Crippen molar-refractivity contribution in [3.05, 3.63) is 28.5 Å². The predicted molar refractivity (Wildman–Crippen MR) is 70.9 cm³/mol. The first-order valence-corrected chi connectivity index (χ1v) is 6.42. The Morgan fingerprint density at radius 1 is 1.50 bits per heavy atom. The first kappa shape index (κ1) is 11.5. The lowest BCUT2D eigenvalue weighted by Gasteiger charge is -2.24. The van der Waals surface area contributed by atoms with Crippen LogP contribution < -0.4 is 0 Å². The lowest BCUT2D eigenvalue weighted by molar-refractivity contribution is 0.0600. The standard InChI is InChI=1S/C13H13N3OS/c14-7-9-3-4-11-12(6-9)16(13(18)15-11)10-2-1-5-17-8-10/h3-4,6,10H,1-2,5,8H2,(H,15,18). The summed E-state index contributed by atoms with van der Waals surface area (Å²) in [4.78, 5) is 3.19. The lowest BCUT2D eigenvalue weighted by Crippen LogP contribution is -2.21. The van der Waals surface area contributed by atoms with E-state index in [1.807, 2.05) is 12.1 Å². The highest BCUT2D eigenvalue weighted by Gasteiger charge is 2.19. The summed E-state index contributed by atoms with van der Waals surface area (Å²) in [5.74, 6) is 0. The van der Waals surface area contributed by atoms with E-state index in [9.17, 15) is 0 Å². The quantitative estimate of drug-likeness (QED) is 0.801. The van der Waals surface area contributed by atoms with E-state index >= 15 is 0 Å². The second-order valence-corrected chi connectivity index (χ2v) is 4.90. The van der Waals surface area contributed by atoms with Crippen molar-refractivity contribution in [1.29, 1.82) is 5.26 Å². The fourth-order valence-corrected chi connectivity index (χ4v) is 2.84. The van der Waals surface area contributed by atoms with Gasteiger partial charge in [0, 0.05) is 6.61 Å². The summed E-state index contributed by atoms with van der Waals surface area (Å²) in [6.07, 6.45) is 2.12. The topological polar surface area (TPSA) is 53.7 Å². The number of nitriles is 1. The molecule has 0 saturated carbocycles. The van der Waals surface area contributed by atoms with Crippen molar-refractivity contribution in [3.63, 3.8) is 0 Å². The van der Waals surface area contributed by atoms with Gasteiger partial charge in [-0.15, -0.1) is 0 Å². The zero-order valence-corrected chi connectivity index (χ0v) is 10.7. The molecule has 1 saturated heterocycles. The summed E-state index contributed by atoms with van der Waals surface area (Å²) in [5.41, 5.74) is 2.63. The average Bonchev–Trinajstić information content (AvgIpc) is 2.74. The van der Waals surface area contributed by atoms with Crippen molar-refractivity contribution in [3.8, 4) is 6.07 Å². The van der Waals surface area contributed by atoms with Crippen molar-refractivity contribution < 1.29 is 4.74 Å². The normalized spacial score (nSPS) is 19.8. The third-order valence-corrected chi connectivity index (χ3v) is 3.65. The van der Waals surface area contributed by atoms with E-state index in [0.29, 0.717) is 16.9 Å². The van der Waals surface area contributed by atoms with Crippen LogP contribution in [0.5, 0.6) is 0 Å². The highest BCUT2D eigenvalue weighted by atomic mass is 32.1. The molecule has 0 bridgehead atoms. The van der Waals surface area contributed by atoms with Crippen LogP contribution in [0.4, 0.5) is 0 Å². The van der Waals surface area contributed by atoms with E-state index < -0.39 is 0 Å². The van der Waals surface area contributed by atoms with Gasteiger partial charge in [-0.05, 0) is 43.3 Å². The molecule has 0 amide bonds. The molecule has 1 unspecified atom stereocenters. The van der Waals surface area contributed by atoms with Crippen molar-refractivity contribution in [2.45, 2.75) is 18.9 Å². The molecule has 92 valence electrons. The number of benzene rings is 1. The van der Waals surface area contributed by atoms with Gasteiger partial charge in [-0.3, -0.25) is 0 Å². The first-order valence-electron chi connectivity index (χ1n) is 6.02. The highest BCUT2D eigenvalue weighted by Crippen LogP contribution is 2.25. The third-order valence-electron chi connectivity index (χ3n) is 3.35. The molecule has 1 aliphatic rings. The number of hydrogen-bond donors (Lipinski definition) is 1. The van der Waals surface area contributed by atoms with Crippen LogP contribution in [0.15, 0.2) is 18.2 Å². The molecule has 1 aromatic carbocycles. The minimum absolute atomic E-state index is 0.272. The Morgan fingerprint density at radius 3 is 3.11 bits per heavy atom. The maximum Gasteiger partial charge on any atom is 0.178 e. The molecule has 0 radical (unpaired) electrons. The lowest BCUT2D eigenvalue weighted by atomic mass is 10.1. The number of fused-ring (bicyclic) bond motifs is 1. The maximum atomic E-state index is 8.98. The Labute approximate surface area is 110 Å². The maximum absolute atomic E-state index is 8.98. The molecule has 1 N–H and O–H groups in total. The number of aromatic amines is 1. The van der Waals surface area contributed by atoms with Gasteiger partial charge in [-0.2, -0.15) is 5.26 Å². The molecule has 3 rings (SSSR count). The monoisotopic (exact) mass is 259 g/mol. The summed E-state index contributed by atoms with van der Waals surface area (Å²) < 4.78 is 8.31. The highest BCUT2D eigenvalue weighted by molar-refractivity contribution is 7.71. The van der Waals surface area contributed by atoms with Crippen molar-refractivity contribution in [1.82, 2.24) is 9.55 Å². The van der Waals surface area contributed by atoms with Crippen molar-refractivity contribution in [2.75, 3.05) is 13.2 Å². The molecule has 0 aliphatic carbocycles. The summed E-state index contributed by atoms with van der Waals surface area (Å²) in [6.45, 7) is 1.52. The van der Waals surface area contributed by atoms with Gasteiger partial charge in [0.2, 0.25) is 0 Å². The van der Waals surface area contributed by atoms with Gasteiger partial charge in [-0.1, -0.05) is 0 Å². The molecule has 18 heavy (non-hydrogen) atoms. The van der Waals surface area contributed by atoms with Gasteiger partial charge in [0.25, 0.3) is 0 Å². The number of nitrogens with one attached hydrogen (secondary N) is 1. The number of rotatable bonds is 1. The second-order valence-electron chi connectivity index (χ2n) is 4.51. The minimum atomic E-state index is 0.272. The van der Waals surface area contributed by atoms with Crippen LogP contribution in [0, 0.1) is 16.1 Å². The van der Waals surface area contributed by atoms with Crippen LogP contribution in [0.2, 0.25) is 0 Å². The predicted octanol–water partition coefficient (Wildman–Crippen LogP) is 2.92. The molecule has 1 atom stereocenters. The third kappa shape index (κ3) is 1.84. The Hall–Kier alpha value is -1.64. The van der Waals surface area contributed by atoms with E-state index in [1.54, 1.807) is 6.07 Å². The first-order chi connectivity index (χ1) is 8.79. The summed E-state index contributed by atoms with van der Waals surface area (Å²) in [7, 11) is 0. The fourth-order valence-electron chi connectivity index (χ4n) is 2.48. The SMILES string of the molecule is N#Cc1ccc2[nH]c(=S)n(C3CCCOC3)c2c1. The Kier molecular flexibility index (Phi) is 2.90. The van der Waals surface area contributed by atoms with Gasteiger partial charge >= 0.3 is 0 Å². The van der Waals surface area contributed by atoms with Gasteiger partial charge in [0.05, 0.1) is 35.3 Å². The molecule has 1 aliphatic heterocycles. The van der Waals surface area contributed by atoms with Gasteiger partial charge < -0.3 is 14.3 Å². The van der Waals surface area contributed by atoms with E-state index in [-0.39, 0.29) is 6.04 Å². The van der Waals surface area contributed by atoms with Gasteiger partial charge in [0.1, 0.15) is 0 Å². The molecular weight excluding hydrogens is 246 g/mol. The molecule has 0 spiro atoms. The van der Waals surface area contributed by atoms with Crippen LogP contribution in [0.25, 0.3) is 11.0 Å². The smallest absolute Gasteiger partial charge is 0.178 e. The van der Waals surface area contributed by atoms with Crippen LogP contribution in [-0.4, -0.2) is 22.8 Å². The fraction of sp³-hybridized carbons (Fsp3) is 0.385. The number of nitrogens with zero attached hydrogens (tertiary/aromatic N) is 2. The van der Waals surface area contributed by atoms with E-state index in [4.69, 9.17) is 22.2 Å². The number of ether oxygens (including phenoxy) is 1. The summed E-state index contributed by atoms with van der Waals surface area (Å²) in [5, 5.41) is 8.98. The van der Waals surface area contributed by atoms with E-state index in [0.717, 1.165) is 30.5 Å². The van der Waals surface area contributed by atoms with Crippen LogP contribution in [0.3, 0.4) is 0 Å². The summed E-state index contributed by atoms with van der Waals surface area (Å²) in [6, 6.07) is 8.03. The van der Waals surface area contributed by atoms with Gasteiger partial charge in [0.15, 0.2) is 4.77 Å². The molecule has 2 aromatic rings. The van der Waals surface area contributed by atoms with E-state index in [1.165, 1.54) is 0 Å². The molecule has 5 heteroatoms. The zero-order chi connectivity index (χ0) is 12.5. The molecule has 1 fully saturated rings. The Bertz CT molecular complexity index is 674. The number of H-pyrrole nitrogens is 1. The molecule has 2 heterocycles. The average molecular weight is 259 g/mol.